The van der Waals surface area contributed by atoms with Gasteiger partial charge in [0.1, 0.15) is 17.1 Å². The maximum Gasteiger partial charge on any atom is 0.123 e. The van der Waals surface area contributed by atoms with Gasteiger partial charge in [0.15, 0.2) is 0 Å². The van der Waals surface area contributed by atoms with Crippen LogP contribution in [0, 0.1) is 6.92 Å². The highest BCUT2D eigenvalue weighted by atomic mass is 16.5. The Kier molecular flexibility index (Phi) is 4.40. The normalized spacial score (nSPS) is 11.4. The number of methoxy groups -OCH3 is 1. The van der Waals surface area contributed by atoms with E-state index in [1.54, 1.807) is 7.11 Å². The average Bonchev–Trinajstić information content (AvgIpc) is 2.21. The lowest BCUT2D eigenvalue weighted by Gasteiger charge is -2.24. The summed E-state index contributed by atoms with van der Waals surface area (Å²) >= 11 is 0. The van der Waals surface area contributed by atoms with Gasteiger partial charge in [0.25, 0.3) is 0 Å². The molecule has 3 heteroatoms. The summed E-state index contributed by atoms with van der Waals surface area (Å²) in [7, 11) is 1.68. The van der Waals surface area contributed by atoms with Crippen LogP contribution in [0.5, 0.6) is 11.5 Å². The molecule has 1 rings (SSSR count). The SMILES string of the molecule is COc1cc(C)c(OC(C)(C)C)cc1CCN. The minimum atomic E-state index is -0.195. The molecule has 0 saturated carbocycles. The molecule has 0 aliphatic heterocycles. The van der Waals surface area contributed by atoms with E-state index in [2.05, 4.69) is 0 Å². The molecular formula is C14H23NO2. The fourth-order valence-electron chi connectivity index (χ4n) is 1.68. The van der Waals surface area contributed by atoms with E-state index in [-0.39, 0.29) is 5.60 Å². The highest BCUT2D eigenvalue weighted by Crippen LogP contribution is 2.30. The smallest absolute Gasteiger partial charge is 0.123 e. The Morgan fingerprint density at radius 1 is 1.18 bits per heavy atom. The van der Waals surface area contributed by atoms with E-state index in [9.17, 15) is 0 Å². The van der Waals surface area contributed by atoms with Gasteiger partial charge in [-0.05, 0) is 63.9 Å². The quantitative estimate of drug-likeness (QED) is 0.875. The van der Waals surface area contributed by atoms with Crippen LogP contribution in [0.4, 0.5) is 0 Å². The molecule has 0 amide bonds. The molecule has 17 heavy (non-hydrogen) atoms. The Labute approximate surface area is 104 Å². The molecule has 2 N–H and O–H groups in total. The van der Waals surface area contributed by atoms with Crippen LogP contribution < -0.4 is 15.2 Å². The molecule has 96 valence electrons. The van der Waals surface area contributed by atoms with Crippen molar-refractivity contribution in [3.63, 3.8) is 0 Å². The van der Waals surface area contributed by atoms with Crippen molar-refractivity contribution in [1.82, 2.24) is 0 Å². The third kappa shape index (κ3) is 3.93. The monoisotopic (exact) mass is 237 g/mol. The Hall–Kier alpha value is -1.22. The van der Waals surface area contributed by atoms with Crippen LogP contribution in [-0.2, 0) is 6.42 Å². The summed E-state index contributed by atoms with van der Waals surface area (Å²) in [5.41, 5.74) is 7.59. The van der Waals surface area contributed by atoms with Crippen molar-refractivity contribution in [3.8, 4) is 11.5 Å². The van der Waals surface area contributed by atoms with Crippen LogP contribution in [0.15, 0.2) is 12.1 Å². The standard InChI is InChI=1S/C14H23NO2/c1-10-8-13(16-5)11(6-7-15)9-12(10)17-14(2,3)4/h8-9H,6-7,15H2,1-5H3. The minimum absolute atomic E-state index is 0.195. The van der Waals surface area contributed by atoms with Crippen molar-refractivity contribution in [2.45, 2.75) is 39.7 Å². The number of hydrogen-bond donors (Lipinski definition) is 1. The van der Waals surface area contributed by atoms with Crippen molar-refractivity contribution in [3.05, 3.63) is 23.3 Å². The van der Waals surface area contributed by atoms with Gasteiger partial charge in [0.05, 0.1) is 7.11 Å². The zero-order valence-electron chi connectivity index (χ0n) is 11.5. The summed E-state index contributed by atoms with van der Waals surface area (Å²) in [6, 6.07) is 4.04. The summed E-state index contributed by atoms with van der Waals surface area (Å²) in [6.07, 6.45) is 0.796. The van der Waals surface area contributed by atoms with Gasteiger partial charge in [-0.3, -0.25) is 0 Å². The van der Waals surface area contributed by atoms with E-state index < -0.39 is 0 Å². The van der Waals surface area contributed by atoms with Gasteiger partial charge in [-0.25, -0.2) is 0 Å². The highest BCUT2D eigenvalue weighted by molar-refractivity contribution is 5.46. The predicted octanol–water partition coefficient (Wildman–Crippen LogP) is 2.68. The molecule has 0 fully saturated rings. The second kappa shape index (κ2) is 5.41. The molecule has 0 aliphatic carbocycles. The molecule has 0 heterocycles. The summed E-state index contributed by atoms with van der Waals surface area (Å²) in [4.78, 5) is 0. The first-order chi connectivity index (χ1) is 7.87. The van der Waals surface area contributed by atoms with E-state index in [0.717, 1.165) is 29.0 Å². The zero-order valence-corrected chi connectivity index (χ0v) is 11.5. The minimum Gasteiger partial charge on any atom is -0.496 e. The van der Waals surface area contributed by atoms with Crippen molar-refractivity contribution in [1.29, 1.82) is 0 Å². The zero-order chi connectivity index (χ0) is 13.1. The van der Waals surface area contributed by atoms with E-state index in [1.165, 1.54) is 0 Å². The predicted molar refractivity (Wildman–Crippen MR) is 70.9 cm³/mol. The maximum absolute atomic E-state index is 5.92. The summed E-state index contributed by atoms with van der Waals surface area (Å²) in [5.74, 6) is 1.79. The van der Waals surface area contributed by atoms with Crippen LogP contribution in [-0.4, -0.2) is 19.3 Å². The molecule has 1 aromatic rings. The second-order valence-corrected chi connectivity index (χ2v) is 5.18. The summed E-state index contributed by atoms with van der Waals surface area (Å²) < 4.78 is 11.3. The molecule has 0 atom stereocenters. The first-order valence-electron chi connectivity index (χ1n) is 5.94. The van der Waals surface area contributed by atoms with Crippen LogP contribution in [0.2, 0.25) is 0 Å². The highest BCUT2D eigenvalue weighted by Gasteiger charge is 2.15. The molecule has 0 unspecified atom stereocenters. The molecule has 0 saturated heterocycles. The van der Waals surface area contributed by atoms with Gasteiger partial charge < -0.3 is 15.2 Å². The number of aryl methyl sites for hydroxylation is 1. The van der Waals surface area contributed by atoms with Crippen LogP contribution in [0.1, 0.15) is 31.9 Å². The van der Waals surface area contributed by atoms with Crippen molar-refractivity contribution in [2.75, 3.05) is 13.7 Å². The fourth-order valence-corrected chi connectivity index (χ4v) is 1.68. The third-order valence-electron chi connectivity index (χ3n) is 2.41. The molecule has 3 nitrogen and oxygen atoms in total. The number of hydrogen-bond acceptors (Lipinski definition) is 3. The van der Waals surface area contributed by atoms with E-state index in [1.807, 2.05) is 39.8 Å². The average molecular weight is 237 g/mol. The third-order valence-corrected chi connectivity index (χ3v) is 2.41. The number of benzene rings is 1. The van der Waals surface area contributed by atoms with E-state index >= 15 is 0 Å². The van der Waals surface area contributed by atoms with Gasteiger partial charge in [-0.1, -0.05) is 0 Å². The molecule has 0 aliphatic rings. The first-order valence-corrected chi connectivity index (χ1v) is 5.94. The van der Waals surface area contributed by atoms with Crippen molar-refractivity contribution >= 4 is 0 Å². The van der Waals surface area contributed by atoms with E-state index in [4.69, 9.17) is 15.2 Å². The van der Waals surface area contributed by atoms with Gasteiger partial charge in [-0.15, -0.1) is 0 Å². The number of nitrogens with two attached hydrogens (primary N) is 1. The van der Waals surface area contributed by atoms with Crippen molar-refractivity contribution < 1.29 is 9.47 Å². The lowest BCUT2D eigenvalue weighted by molar-refractivity contribution is 0.129. The van der Waals surface area contributed by atoms with Crippen molar-refractivity contribution in [2.24, 2.45) is 5.73 Å². The van der Waals surface area contributed by atoms with Crippen LogP contribution in [0.25, 0.3) is 0 Å². The summed E-state index contributed by atoms with van der Waals surface area (Å²) in [5, 5.41) is 0. The first kappa shape index (κ1) is 13.8. The molecule has 0 radical (unpaired) electrons. The van der Waals surface area contributed by atoms with Gasteiger partial charge in [0, 0.05) is 0 Å². The number of ether oxygens (including phenoxy) is 2. The molecule has 0 spiro atoms. The molecule has 0 bridgehead atoms. The maximum atomic E-state index is 5.92. The summed E-state index contributed by atoms with van der Waals surface area (Å²) in [6.45, 7) is 8.75. The fraction of sp³-hybridized carbons (Fsp3) is 0.571. The van der Waals surface area contributed by atoms with Gasteiger partial charge in [0.2, 0.25) is 0 Å². The Balaban J connectivity index is 3.10. The van der Waals surface area contributed by atoms with Crippen LogP contribution >= 0.6 is 0 Å². The Morgan fingerprint density at radius 2 is 1.82 bits per heavy atom. The Bertz CT molecular complexity index is 381. The topological polar surface area (TPSA) is 44.5 Å². The molecule has 1 aromatic carbocycles. The van der Waals surface area contributed by atoms with Gasteiger partial charge in [-0.2, -0.15) is 0 Å². The molecule has 0 aromatic heterocycles. The second-order valence-electron chi connectivity index (χ2n) is 5.18. The van der Waals surface area contributed by atoms with E-state index in [0.29, 0.717) is 6.54 Å². The van der Waals surface area contributed by atoms with Gasteiger partial charge >= 0.3 is 0 Å². The largest absolute Gasteiger partial charge is 0.496 e. The van der Waals surface area contributed by atoms with Crippen LogP contribution in [0.3, 0.4) is 0 Å². The lowest BCUT2D eigenvalue weighted by atomic mass is 10.1. The number of rotatable bonds is 4. The lowest BCUT2D eigenvalue weighted by Crippen LogP contribution is -2.23. The molecular weight excluding hydrogens is 214 g/mol. The Morgan fingerprint density at radius 3 is 2.29 bits per heavy atom.